The van der Waals surface area contributed by atoms with Gasteiger partial charge >= 0.3 is 0 Å². The molecule has 0 amide bonds. The summed E-state index contributed by atoms with van der Waals surface area (Å²) in [6, 6.07) is 1.53. The lowest BCUT2D eigenvalue weighted by atomic mass is 9.91. The van der Waals surface area contributed by atoms with Crippen LogP contribution in [0.4, 0.5) is 0 Å². The van der Waals surface area contributed by atoms with Crippen LogP contribution < -0.4 is 5.32 Å². The van der Waals surface area contributed by atoms with Crippen LogP contribution in [0.3, 0.4) is 0 Å². The number of nitrogens with one attached hydrogen (secondary N) is 1. The molecule has 2 aliphatic rings. The monoisotopic (exact) mass is 240 g/mol. The lowest BCUT2D eigenvalue weighted by molar-refractivity contribution is 0.0135. The van der Waals surface area contributed by atoms with Crippen molar-refractivity contribution >= 4 is 0 Å². The predicted octanol–water partition coefficient (Wildman–Crippen LogP) is 1.88. The Balaban J connectivity index is 1.77. The van der Waals surface area contributed by atoms with Crippen LogP contribution in [0.25, 0.3) is 0 Å². The van der Waals surface area contributed by atoms with Crippen LogP contribution in [0.2, 0.25) is 0 Å². The SMILES string of the molecule is CCCNC1CCN(C2CCOCC2)CC1C. The first kappa shape index (κ1) is 13.3. The Kier molecular flexibility index (Phi) is 5.26. The molecule has 0 aliphatic carbocycles. The van der Waals surface area contributed by atoms with Gasteiger partial charge in [0.1, 0.15) is 0 Å². The summed E-state index contributed by atoms with van der Waals surface area (Å²) in [5.41, 5.74) is 0. The summed E-state index contributed by atoms with van der Waals surface area (Å²) in [6.07, 6.45) is 5.03. The lowest BCUT2D eigenvalue weighted by Gasteiger charge is -2.42. The lowest BCUT2D eigenvalue weighted by Crippen LogP contribution is -2.52. The van der Waals surface area contributed by atoms with Crippen molar-refractivity contribution in [1.82, 2.24) is 10.2 Å². The highest BCUT2D eigenvalue weighted by Crippen LogP contribution is 2.23. The smallest absolute Gasteiger partial charge is 0.0480 e. The number of piperidine rings is 1. The molecule has 0 aromatic rings. The van der Waals surface area contributed by atoms with Crippen LogP contribution in [-0.2, 0) is 4.74 Å². The first-order valence-corrected chi connectivity index (χ1v) is 7.36. The second kappa shape index (κ2) is 6.72. The molecule has 0 aromatic carbocycles. The molecule has 2 atom stereocenters. The average molecular weight is 240 g/mol. The molecule has 2 saturated heterocycles. The van der Waals surface area contributed by atoms with Gasteiger partial charge < -0.3 is 10.1 Å². The molecule has 2 fully saturated rings. The quantitative estimate of drug-likeness (QED) is 0.812. The Bertz CT molecular complexity index is 216. The number of hydrogen-bond donors (Lipinski definition) is 1. The van der Waals surface area contributed by atoms with Crippen LogP contribution in [-0.4, -0.2) is 49.8 Å². The fourth-order valence-corrected chi connectivity index (χ4v) is 3.19. The molecule has 0 radical (unpaired) electrons. The van der Waals surface area contributed by atoms with Crippen molar-refractivity contribution in [2.24, 2.45) is 5.92 Å². The van der Waals surface area contributed by atoms with Gasteiger partial charge in [0.25, 0.3) is 0 Å². The minimum Gasteiger partial charge on any atom is -0.381 e. The van der Waals surface area contributed by atoms with Crippen LogP contribution in [0.5, 0.6) is 0 Å². The van der Waals surface area contributed by atoms with E-state index in [0.29, 0.717) is 0 Å². The molecule has 2 heterocycles. The fraction of sp³-hybridized carbons (Fsp3) is 1.00. The van der Waals surface area contributed by atoms with Gasteiger partial charge in [0.15, 0.2) is 0 Å². The summed E-state index contributed by atoms with van der Waals surface area (Å²) in [5, 5.41) is 3.69. The van der Waals surface area contributed by atoms with E-state index in [1.165, 1.54) is 45.3 Å². The summed E-state index contributed by atoms with van der Waals surface area (Å²) in [5.74, 6) is 0.790. The largest absolute Gasteiger partial charge is 0.381 e. The van der Waals surface area contributed by atoms with E-state index in [2.05, 4.69) is 24.1 Å². The zero-order valence-corrected chi connectivity index (χ0v) is 11.5. The minimum absolute atomic E-state index is 0.742. The van der Waals surface area contributed by atoms with E-state index in [1.54, 1.807) is 0 Å². The van der Waals surface area contributed by atoms with Gasteiger partial charge in [0.05, 0.1) is 0 Å². The van der Waals surface area contributed by atoms with Crippen LogP contribution >= 0.6 is 0 Å². The van der Waals surface area contributed by atoms with Crippen LogP contribution in [0, 0.1) is 5.92 Å². The van der Waals surface area contributed by atoms with Crippen molar-refractivity contribution in [2.75, 3.05) is 32.8 Å². The van der Waals surface area contributed by atoms with Gasteiger partial charge in [0, 0.05) is 31.8 Å². The average Bonchev–Trinajstić information content (AvgIpc) is 2.38. The standard InChI is InChI=1S/C14H28N2O/c1-3-7-15-14-4-8-16(11-12(14)2)13-5-9-17-10-6-13/h12-15H,3-11H2,1-2H3. The number of nitrogens with zero attached hydrogens (tertiary/aromatic N) is 1. The van der Waals surface area contributed by atoms with Crippen LogP contribution in [0.15, 0.2) is 0 Å². The second-order valence-electron chi connectivity index (χ2n) is 5.67. The van der Waals surface area contributed by atoms with Gasteiger partial charge in [-0.1, -0.05) is 13.8 Å². The van der Waals surface area contributed by atoms with E-state index in [-0.39, 0.29) is 0 Å². The Labute approximate surface area is 106 Å². The Hall–Kier alpha value is -0.120. The number of rotatable bonds is 4. The van der Waals surface area contributed by atoms with Gasteiger partial charge in [-0.05, 0) is 44.7 Å². The summed E-state index contributed by atoms with van der Waals surface area (Å²) in [7, 11) is 0. The van der Waals surface area contributed by atoms with Gasteiger partial charge in [-0.25, -0.2) is 0 Å². The molecule has 0 aromatic heterocycles. The molecule has 3 heteroatoms. The summed E-state index contributed by atoms with van der Waals surface area (Å²) in [4.78, 5) is 2.71. The normalized spacial score (nSPS) is 32.8. The fourth-order valence-electron chi connectivity index (χ4n) is 3.19. The third-order valence-electron chi connectivity index (χ3n) is 4.30. The van der Waals surface area contributed by atoms with Crippen molar-refractivity contribution in [1.29, 1.82) is 0 Å². The maximum Gasteiger partial charge on any atom is 0.0480 e. The number of ether oxygens (including phenoxy) is 1. The molecule has 17 heavy (non-hydrogen) atoms. The second-order valence-corrected chi connectivity index (χ2v) is 5.67. The van der Waals surface area contributed by atoms with E-state index < -0.39 is 0 Å². The van der Waals surface area contributed by atoms with Crippen molar-refractivity contribution in [3.8, 4) is 0 Å². The number of likely N-dealkylation sites (tertiary alicyclic amines) is 1. The third-order valence-corrected chi connectivity index (χ3v) is 4.30. The molecule has 2 unspecified atom stereocenters. The van der Waals surface area contributed by atoms with E-state index >= 15 is 0 Å². The highest BCUT2D eigenvalue weighted by atomic mass is 16.5. The molecular weight excluding hydrogens is 212 g/mol. The van der Waals surface area contributed by atoms with Crippen molar-refractivity contribution in [3.05, 3.63) is 0 Å². The zero-order valence-electron chi connectivity index (χ0n) is 11.5. The third kappa shape index (κ3) is 3.67. The first-order chi connectivity index (χ1) is 8.31. The molecule has 2 rings (SSSR count). The Morgan fingerprint density at radius 2 is 2.00 bits per heavy atom. The van der Waals surface area contributed by atoms with E-state index in [0.717, 1.165) is 31.2 Å². The van der Waals surface area contributed by atoms with E-state index in [1.807, 2.05) is 0 Å². The highest BCUT2D eigenvalue weighted by Gasteiger charge is 2.30. The Morgan fingerprint density at radius 3 is 2.65 bits per heavy atom. The van der Waals surface area contributed by atoms with Gasteiger partial charge in [-0.3, -0.25) is 4.90 Å². The summed E-state index contributed by atoms with van der Waals surface area (Å²) >= 11 is 0. The zero-order chi connectivity index (χ0) is 12.1. The Morgan fingerprint density at radius 1 is 1.24 bits per heavy atom. The topological polar surface area (TPSA) is 24.5 Å². The van der Waals surface area contributed by atoms with Gasteiger partial charge in [-0.15, -0.1) is 0 Å². The molecule has 0 bridgehead atoms. The summed E-state index contributed by atoms with van der Waals surface area (Å²) in [6.45, 7) is 10.3. The molecule has 3 nitrogen and oxygen atoms in total. The van der Waals surface area contributed by atoms with Crippen LogP contribution in [0.1, 0.15) is 39.5 Å². The van der Waals surface area contributed by atoms with Crippen molar-refractivity contribution < 1.29 is 4.74 Å². The van der Waals surface area contributed by atoms with Gasteiger partial charge in [0.2, 0.25) is 0 Å². The molecule has 100 valence electrons. The highest BCUT2D eigenvalue weighted by molar-refractivity contribution is 4.86. The van der Waals surface area contributed by atoms with Crippen molar-refractivity contribution in [3.63, 3.8) is 0 Å². The minimum atomic E-state index is 0.742. The molecule has 0 saturated carbocycles. The van der Waals surface area contributed by atoms with E-state index in [4.69, 9.17) is 4.74 Å². The number of hydrogen-bond acceptors (Lipinski definition) is 3. The van der Waals surface area contributed by atoms with E-state index in [9.17, 15) is 0 Å². The predicted molar refractivity (Wildman–Crippen MR) is 71.3 cm³/mol. The van der Waals surface area contributed by atoms with Crippen molar-refractivity contribution in [2.45, 2.75) is 51.6 Å². The molecule has 1 N–H and O–H groups in total. The molecule has 2 aliphatic heterocycles. The summed E-state index contributed by atoms with van der Waals surface area (Å²) < 4.78 is 5.45. The van der Waals surface area contributed by atoms with Gasteiger partial charge in [-0.2, -0.15) is 0 Å². The first-order valence-electron chi connectivity index (χ1n) is 7.36. The molecular formula is C14H28N2O. The molecule has 0 spiro atoms. The maximum absolute atomic E-state index is 5.45. The maximum atomic E-state index is 5.45.